The fraction of sp³-hybridized carbons (Fsp3) is 0.408. The van der Waals surface area contributed by atoms with Crippen molar-refractivity contribution < 1.29 is 24.2 Å². The van der Waals surface area contributed by atoms with Crippen LogP contribution in [0, 0.1) is 33.6 Å². The molecule has 20 nitrogen and oxygen atoms in total. The van der Waals surface area contributed by atoms with Crippen LogP contribution >= 0.6 is 45.9 Å². The molecule has 1 atom stereocenters. The van der Waals surface area contributed by atoms with Crippen LogP contribution in [0.3, 0.4) is 0 Å². The van der Waals surface area contributed by atoms with Gasteiger partial charge in [-0.15, -0.1) is 0 Å². The second kappa shape index (κ2) is 25.7. The third-order valence-corrected chi connectivity index (χ3v) is 14.4. The van der Waals surface area contributed by atoms with E-state index in [1.54, 1.807) is 12.1 Å². The molecule has 0 radical (unpaired) electrons. The minimum Gasteiger partial charge on any atom is -0.463 e. The molecular weight excluding hydrogens is 1010 g/mol. The predicted octanol–water partition coefficient (Wildman–Crippen LogP) is 7.16. The van der Waals surface area contributed by atoms with Gasteiger partial charge in [-0.1, -0.05) is 84.0 Å². The van der Waals surface area contributed by atoms with Gasteiger partial charge in [0.2, 0.25) is 0 Å². The number of esters is 1. The van der Waals surface area contributed by atoms with Crippen molar-refractivity contribution in [2.45, 2.75) is 47.6 Å². The highest BCUT2D eigenvalue weighted by atomic mass is 35.5. The number of aryl methyl sites for hydroxylation is 4. The number of nitrogens with one attached hydrogen (secondary N) is 4. The van der Waals surface area contributed by atoms with Gasteiger partial charge < -0.3 is 46.6 Å². The molecule has 2 aliphatic rings. The van der Waals surface area contributed by atoms with Gasteiger partial charge in [0.1, 0.15) is 57.3 Å². The van der Waals surface area contributed by atoms with Gasteiger partial charge in [0.25, 0.3) is 11.8 Å². The average molecular weight is 1080 g/mol. The number of piperazine rings is 2. The lowest BCUT2D eigenvalue weighted by molar-refractivity contribution is -0.146. The van der Waals surface area contributed by atoms with E-state index in [4.69, 9.17) is 38.8 Å². The molecule has 2 aromatic carbocycles. The number of anilines is 8. The van der Waals surface area contributed by atoms with Gasteiger partial charge in [-0.25, -0.2) is 29.9 Å². The molecule has 0 unspecified atom stereocenters. The summed E-state index contributed by atoms with van der Waals surface area (Å²) in [5.74, 6) is 3.30. The second-order valence-electron chi connectivity index (χ2n) is 17.7. The standard InChI is InChI=1S/C27H35ClN8O3S.C22H26ClN7O2S/c1-16(2)23(29)26(38)39-13-12-35-8-10-36(11-9-35)22-14-21(31-18(4)32-22)33-27-30-15-20(40-27)25(37)34-24-17(3)6-5-7-19(24)28;1-14-4-3-5-16(23)20(14)28-21(32)17-13-24-22(33-17)27-18-12-19(26-15(2)25-18)30-8-6-29(7-9-30)10-11-31/h5-7,14-16,23H,8-13,29H2,1-4H3,(H,34,37)(H,30,31,32,33);3-5,12-13,31H,6-11H2,1-2H3,(H,28,32)(H,24,25,26,27)/t23-;/m0./s1. The minimum atomic E-state index is -0.591. The van der Waals surface area contributed by atoms with Crippen LogP contribution < -0.4 is 36.8 Å². The number of nitrogens with two attached hydrogens (primary N) is 1. The molecule has 0 bridgehead atoms. The number of amides is 2. The van der Waals surface area contributed by atoms with Crippen molar-refractivity contribution in [1.82, 2.24) is 39.7 Å². The lowest BCUT2D eigenvalue weighted by Crippen LogP contribution is -2.48. The summed E-state index contributed by atoms with van der Waals surface area (Å²) in [6.07, 6.45) is 3.06. The molecule has 0 spiro atoms. The number of ether oxygens (including phenoxy) is 1. The van der Waals surface area contributed by atoms with E-state index in [1.807, 2.05) is 77.9 Å². The summed E-state index contributed by atoms with van der Waals surface area (Å²) in [5, 5.41) is 23.3. The first-order chi connectivity index (χ1) is 35.0. The molecule has 24 heteroatoms. The number of para-hydroxylation sites is 2. The van der Waals surface area contributed by atoms with Gasteiger partial charge >= 0.3 is 5.97 Å². The lowest BCUT2D eigenvalue weighted by atomic mass is 10.1. The molecule has 4 aromatic heterocycles. The minimum absolute atomic E-state index is 0.0486. The Morgan fingerprint density at radius 1 is 0.685 bits per heavy atom. The summed E-state index contributed by atoms with van der Waals surface area (Å²) in [5.41, 5.74) is 8.80. The van der Waals surface area contributed by atoms with E-state index in [1.165, 1.54) is 35.1 Å². The summed E-state index contributed by atoms with van der Waals surface area (Å²) in [4.78, 5) is 74.1. The van der Waals surface area contributed by atoms with Crippen molar-refractivity contribution in [2.75, 3.05) is 110 Å². The maximum Gasteiger partial charge on any atom is 0.323 e. The molecule has 7 N–H and O–H groups in total. The maximum atomic E-state index is 12.8. The smallest absolute Gasteiger partial charge is 0.323 e. The Morgan fingerprint density at radius 2 is 1.12 bits per heavy atom. The second-order valence-corrected chi connectivity index (χ2v) is 20.6. The highest BCUT2D eigenvalue weighted by Crippen LogP contribution is 2.31. The Hall–Kier alpha value is -6.11. The quantitative estimate of drug-likeness (QED) is 0.0496. The monoisotopic (exact) mass is 1070 g/mol. The number of benzene rings is 2. The Balaban J connectivity index is 0.000000218. The zero-order valence-corrected chi connectivity index (χ0v) is 44.8. The Labute approximate surface area is 442 Å². The van der Waals surface area contributed by atoms with E-state index < -0.39 is 6.04 Å². The van der Waals surface area contributed by atoms with Crippen molar-refractivity contribution in [3.05, 3.63) is 103 Å². The van der Waals surface area contributed by atoms with Crippen molar-refractivity contribution >= 4 is 109 Å². The molecule has 2 amide bonds. The first-order valence-corrected chi connectivity index (χ1v) is 26.2. The van der Waals surface area contributed by atoms with Crippen molar-refractivity contribution in [3.63, 3.8) is 0 Å². The zero-order valence-electron chi connectivity index (χ0n) is 41.6. The molecule has 2 fully saturated rings. The molecule has 2 saturated heterocycles. The van der Waals surface area contributed by atoms with Crippen LogP contribution in [0.4, 0.5) is 44.9 Å². The number of aliphatic hydroxyl groups is 1. The normalized spacial score (nSPS) is 14.6. The lowest BCUT2D eigenvalue weighted by Gasteiger charge is -2.35. The zero-order chi connectivity index (χ0) is 52.2. The van der Waals surface area contributed by atoms with Gasteiger partial charge in [0.15, 0.2) is 10.3 Å². The molecule has 73 heavy (non-hydrogen) atoms. The molecule has 6 aromatic rings. The summed E-state index contributed by atoms with van der Waals surface area (Å²) in [6, 6.07) is 14.1. The molecule has 0 aliphatic carbocycles. The molecular formula is C49H61Cl2N15O5S2. The van der Waals surface area contributed by atoms with Gasteiger partial charge in [-0.3, -0.25) is 24.2 Å². The van der Waals surface area contributed by atoms with E-state index in [9.17, 15) is 14.4 Å². The van der Waals surface area contributed by atoms with E-state index in [2.05, 4.69) is 70.8 Å². The van der Waals surface area contributed by atoms with Crippen LogP contribution in [0.1, 0.15) is 56.0 Å². The Kier molecular flexibility index (Phi) is 19.2. The van der Waals surface area contributed by atoms with Crippen LogP contribution in [0.2, 0.25) is 10.0 Å². The predicted molar refractivity (Wildman–Crippen MR) is 291 cm³/mol. The van der Waals surface area contributed by atoms with Crippen LogP contribution in [0.15, 0.2) is 60.9 Å². The molecule has 6 heterocycles. The number of carbonyl (C=O) groups excluding carboxylic acids is 3. The molecule has 8 rings (SSSR count). The largest absolute Gasteiger partial charge is 0.463 e. The first-order valence-electron chi connectivity index (χ1n) is 23.8. The SMILES string of the molecule is Cc1nc(Nc2ncc(C(=O)Nc3c(C)cccc3Cl)s2)cc(N2CCN(CCO)CC2)n1.Cc1nc(Nc2ncc(C(=O)Nc3c(C)cccc3Cl)s2)cc(N2CCN(CCOC(=O)[C@@H](N)C(C)C)CC2)n1. The summed E-state index contributed by atoms with van der Waals surface area (Å²) < 4.78 is 5.34. The Morgan fingerprint density at radius 3 is 1.53 bits per heavy atom. The number of nitrogens with zero attached hydrogens (tertiary/aromatic N) is 10. The number of hydrogen-bond acceptors (Lipinski definition) is 20. The number of β-amino-alcohol motifs (C(OH)–C–C–N with tert-alkyl or cyclic N) is 1. The average Bonchev–Trinajstić information content (AvgIpc) is 4.04. The van der Waals surface area contributed by atoms with Gasteiger partial charge in [-0.05, 0) is 56.9 Å². The van der Waals surface area contributed by atoms with Gasteiger partial charge in [0, 0.05) is 77.6 Å². The van der Waals surface area contributed by atoms with Crippen LogP contribution in [-0.2, 0) is 9.53 Å². The van der Waals surface area contributed by atoms with Crippen LogP contribution in [-0.4, -0.2) is 147 Å². The Bertz CT molecular complexity index is 2810. The third kappa shape index (κ3) is 15.2. The van der Waals surface area contributed by atoms with E-state index >= 15 is 0 Å². The number of hydrogen-bond donors (Lipinski definition) is 6. The van der Waals surface area contributed by atoms with Crippen molar-refractivity contribution in [3.8, 4) is 0 Å². The highest BCUT2D eigenvalue weighted by Gasteiger charge is 2.24. The number of aliphatic hydroxyl groups excluding tert-OH is 1. The first kappa shape index (κ1) is 54.7. The number of thiazole rings is 2. The fourth-order valence-corrected chi connectivity index (χ4v) is 9.74. The van der Waals surface area contributed by atoms with E-state index in [0.29, 0.717) is 84.4 Å². The third-order valence-electron chi connectivity index (χ3n) is 11.9. The summed E-state index contributed by atoms with van der Waals surface area (Å²) in [6.45, 7) is 19.7. The number of carbonyl (C=O) groups is 3. The summed E-state index contributed by atoms with van der Waals surface area (Å²) in [7, 11) is 0. The van der Waals surface area contributed by atoms with Crippen molar-refractivity contribution in [2.24, 2.45) is 11.7 Å². The number of aromatic nitrogens is 6. The maximum absolute atomic E-state index is 12.8. The van der Waals surface area contributed by atoms with Crippen LogP contribution in [0.5, 0.6) is 0 Å². The number of rotatable bonds is 17. The topological polar surface area (TPSA) is 245 Å². The van der Waals surface area contributed by atoms with E-state index in [-0.39, 0.29) is 30.3 Å². The van der Waals surface area contributed by atoms with Crippen LogP contribution in [0.25, 0.3) is 0 Å². The van der Waals surface area contributed by atoms with Gasteiger partial charge in [0.05, 0.1) is 40.4 Å². The van der Waals surface area contributed by atoms with E-state index in [0.717, 1.165) is 75.1 Å². The molecule has 2 aliphatic heterocycles. The number of halogens is 2. The highest BCUT2D eigenvalue weighted by molar-refractivity contribution is 7.18. The van der Waals surface area contributed by atoms with Crippen molar-refractivity contribution in [1.29, 1.82) is 0 Å². The summed E-state index contributed by atoms with van der Waals surface area (Å²) >= 11 is 14.9. The van der Waals surface area contributed by atoms with Gasteiger partial charge in [-0.2, -0.15) is 0 Å². The fourth-order valence-electron chi connectivity index (χ4n) is 7.77. The molecule has 388 valence electrons. The molecule has 0 saturated carbocycles.